The number of hydrogen-bond acceptors (Lipinski definition) is 6. The van der Waals surface area contributed by atoms with E-state index in [0.29, 0.717) is 11.2 Å². The van der Waals surface area contributed by atoms with Gasteiger partial charge in [-0.25, -0.2) is 0 Å². The SMILES string of the molecule is C1=CC2=C(CC1)N(C1=CC3Sc4c(c5ccccc5c5c4sc4cc(N6c7ccccc7Sc7ccccc76)ccc45)C3C=C1)c1ccccc1S2. The van der Waals surface area contributed by atoms with Crippen molar-refractivity contribution in [2.75, 3.05) is 9.80 Å². The molecule has 6 aromatic carbocycles. The van der Waals surface area contributed by atoms with Gasteiger partial charge in [-0.2, -0.15) is 0 Å². The average molecular weight is 739 g/mol. The van der Waals surface area contributed by atoms with Crippen LogP contribution in [0.4, 0.5) is 22.7 Å². The molecule has 52 heavy (non-hydrogen) atoms. The minimum atomic E-state index is 0.340. The molecule has 12 rings (SSSR count). The summed E-state index contributed by atoms with van der Waals surface area (Å²) in [6, 6.07) is 42.8. The Bertz CT molecular complexity index is 2780. The minimum absolute atomic E-state index is 0.340. The summed E-state index contributed by atoms with van der Waals surface area (Å²) in [4.78, 5) is 11.8. The zero-order valence-corrected chi connectivity index (χ0v) is 31.2. The first-order valence-corrected chi connectivity index (χ1v) is 21.2. The maximum absolute atomic E-state index is 2.57. The molecule has 0 saturated carbocycles. The summed E-state index contributed by atoms with van der Waals surface area (Å²) in [6.07, 6.45) is 14.3. The van der Waals surface area contributed by atoms with Crippen LogP contribution in [0.25, 0.3) is 30.9 Å². The number of nitrogens with zero attached hydrogens (tertiary/aromatic N) is 2. The molecule has 2 aliphatic carbocycles. The summed E-state index contributed by atoms with van der Waals surface area (Å²) < 4.78 is 2.77. The summed E-state index contributed by atoms with van der Waals surface area (Å²) in [5.74, 6) is 0.340. The number of fused-ring (bicyclic) bond motifs is 13. The van der Waals surface area contributed by atoms with E-state index in [2.05, 4.69) is 167 Å². The lowest BCUT2D eigenvalue weighted by Crippen LogP contribution is -2.28. The molecular formula is C46H30N2S4. The van der Waals surface area contributed by atoms with Gasteiger partial charge in [0.25, 0.3) is 0 Å². The van der Waals surface area contributed by atoms with Crippen molar-refractivity contribution >= 4 is 100 Å². The Hall–Kier alpha value is -4.59. The molecule has 0 fully saturated rings. The molecule has 0 N–H and O–H groups in total. The molecule has 2 unspecified atom stereocenters. The molecule has 2 nitrogen and oxygen atoms in total. The van der Waals surface area contributed by atoms with Crippen LogP contribution in [0, 0.1) is 0 Å². The van der Waals surface area contributed by atoms with E-state index in [1.165, 1.54) is 95.1 Å². The van der Waals surface area contributed by atoms with Crippen molar-refractivity contribution < 1.29 is 0 Å². The third kappa shape index (κ3) is 4.29. The molecule has 248 valence electrons. The second-order valence-corrected chi connectivity index (χ2v) is 18.3. The molecule has 0 saturated heterocycles. The van der Waals surface area contributed by atoms with E-state index in [1.807, 2.05) is 34.9 Å². The highest BCUT2D eigenvalue weighted by Crippen LogP contribution is 2.59. The first-order chi connectivity index (χ1) is 25.8. The van der Waals surface area contributed by atoms with E-state index in [4.69, 9.17) is 0 Å². The Morgan fingerprint density at radius 2 is 1.33 bits per heavy atom. The molecule has 0 spiro atoms. The third-order valence-electron chi connectivity index (χ3n) is 11.0. The van der Waals surface area contributed by atoms with E-state index >= 15 is 0 Å². The highest BCUT2D eigenvalue weighted by molar-refractivity contribution is 8.03. The van der Waals surface area contributed by atoms with Crippen LogP contribution in [0.3, 0.4) is 0 Å². The van der Waals surface area contributed by atoms with Gasteiger partial charge < -0.3 is 9.80 Å². The Balaban J connectivity index is 1.01. The van der Waals surface area contributed by atoms with Crippen LogP contribution in [0.1, 0.15) is 24.3 Å². The minimum Gasteiger partial charge on any atom is -0.312 e. The van der Waals surface area contributed by atoms with E-state index < -0.39 is 0 Å². The lowest BCUT2D eigenvalue weighted by Gasteiger charge is -2.38. The highest BCUT2D eigenvalue weighted by atomic mass is 32.2. The van der Waals surface area contributed by atoms with Crippen molar-refractivity contribution in [2.24, 2.45) is 0 Å². The van der Waals surface area contributed by atoms with Crippen molar-refractivity contribution in [1.29, 1.82) is 0 Å². The molecule has 6 heteroatoms. The van der Waals surface area contributed by atoms with E-state index in [0.717, 1.165) is 12.8 Å². The van der Waals surface area contributed by atoms with E-state index in [-0.39, 0.29) is 0 Å². The molecule has 1 aromatic heterocycles. The number of rotatable bonds is 2. The summed E-state index contributed by atoms with van der Waals surface area (Å²) in [6.45, 7) is 0. The number of thiophene rings is 1. The lowest BCUT2D eigenvalue weighted by molar-refractivity contribution is 0.846. The van der Waals surface area contributed by atoms with Crippen molar-refractivity contribution in [3.05, 3.63) is 168 Å². The molecule has 2 atom stereocenters. The average Bonchev–Trinajstić information content (AvgIpc) is 3.78. The Labute approximate surface area is 319 Å². The first kappa shape index (κ1) is 29.9. The fourth-order valence-electron chi connectivity index (χ4n) is 8.79. The smallest absolute Gasteiger partial charge is 0.0601 e. The molecule has 7 aromatic rings. The highest BCUT2D eigenvalue weighted by Gasteiger charge is 2.38. The Kier molecular flexibility index (Phi) is 6.59. The van der Waals surface area contributed by atoms with Gasteiger partial charge in [0.15, 0.2) is 0 Å². The normalized spacial score (nSPS) is 19.7. The van der Waals surface area contributed by atoms with Crippen LogP contribution < -0.4 is 9.80 Å². The third-order valence-corrected chi connectivity index (χ3v) is 16.0. The van der Waals surface area contributed by atoms with Crippen LogP contribution in [-0.4, -0.2) is 5.25 Å². The number of anilines is 4. The van der Waals surface area contributed by atoms with Crippen LogP contribution in [0.2, 0.25) is 0 Å². The van der Waals surface area contributed by atoms with Crippen molar-refractivity contribution in [2.45, 2.75) is 43.6 Å². The monoisotopic (exact) mass is 738 g/mol. The van der Waals surface area contributed by atoms with Gasteiger partial charge in [-0.1, -0.05) is 108 Å². The number of thioether (sulfide) groups is 2. The van der Waals surface area contributed by atoms with Crippen LogP contribution in [0.5, 0.6) is 0 Å². The van der Waals surface area contributed by atoms with E-state index in [1.54, 1.807) is 0 Å². The number of hydrogen-bond donors (Lipinski definition) is 0. The molecule has 4 heterocycles. The Morgan fingerprint density at radius 3 is 2.12 bits per heavy atom. The van der Waals surface area contributed by atoms with Gasteiger partial charge in [0.2, 0.25) is 0 Å². The summed E-state index contributed by atoms with van der Waals surface area (Å²) >= 11 is 7.84. The van der Waals surface area contributed by atoms with Gasteiger partial charge >= 0.3 is 0 Å². The van der Waals surface area contributed by atoms with Gasteiger partial charge in [-0.05, 0) is 89.9 Å². The molecular weight excluding hydrogens is 709 g/mol. The van der Waals surface area contributed by atoms with Gasteiger partial charge in [0.1, 0.15) is 0 Å². The van der Waals surface area contributed by atoms with Gasteiger partial charge in [-0.15, -0.1) is 23.1 Å². The standard InChI is InChI=1S/C46H30N2S4/c1-2-12-30-29(11-1)43-31-23-21-27(47-33-13-3-7-17-37(33)49-38-18-8-4-14-34(38)47)25-41(31)51-45(43)46-44(30)32-24-22-28(26-42(32)52-46)48-35-15-5-9-19-39(35)50-40-20-10-6-16-36(40)48/h1-5,7-15,17-26,32,42H,6,16H2. The maximum atomic E-state index is 2.57. The van der Waals surface area contributed by atoms with Gasteiger partial charge in [0.05, 0.1) is 21.8 Å². The molecule has 5 aliphatic rings. The zero-order chi connectivity index (χ0) is 33.9. The Morgan fingerprint density at radius 1 is 0.635 bits per heavy atom. The lowest BCUT2D eigenvalue weighted by atomic mass is 9.86. The quantitative estimate of drug-likeness (QED) is 0.174. The fraction of sp³-hybridized carbons (Fsp3) is 0.0870. The van der Waals surface area contributed by atoms with Crippen molar-refractivity contribution in [3.8, 4) is 0 Å². The van der Waals surface area contributed by atoms with Gasteiger partial charge in [0, 0.05) is 68.2 Å². The summed E-state index contributed by atoms with van der Waals surface area (Å²) in [5.41, 5.74) is 9.25. The first-order valence-electron chi connectivity index (χ1n) is 17.9. The maximum Gasteiger partial charge on any atom is 0.0601 e. The molecule has 0 bridgehead atoms. The summed E-state index contributed by atoms with van der Waals surface area (Å²) in [7, 11) is 0. The number of allylic oxidation sites excluding steroid dienone is 5. The van der Waals surface area contributed by atoms with Crippen LogP contribution >= 0.6 is 46.6 Å². The van der Waals surface area contributed by atoms with Crippen molar-refractivity contribution in [1.82, 2.24) is 0 Å². The molecule has 0 radical (unpaired) electrons. The molecule has 3 aliphatic heterocycles. The number of para-hydroxylation sites is 3. The van der Waals surface area contributed by atoms with Crippen LogP contribution in [-0.2, 0) is 0 Å². The second kappa shape index (κ2) is 11.5. The van der Waals surface area contributed by atoms with E-state index in [9.17, 15) is 0 Å². The zero-order valence-electron chi connectivity index (χ0n) is 28.0. The molecule has 0 amide bonds. The van der Waals surface area contributed by atoms with Gasteiger partial charge in [-0.3, -0.25) is 0 Å². The van der Waals surface area contributed by atoms with Crippen LogP contribution in [0.15, 0.2) is 182 Å². The topological polar surface area (TPSA) is 6.48 Å². The predicted octanol–water partition coefficient (Wildman–Crippen LogP) is 14.3. The summed E-state index contributed by atoms with van der Waals surface area (Å²) in [5, 5.41) is 5.86. The number of benzene rings is 6. The van der Waals surface area contributed by atoms with Crippen molar-refractivity contribution in [3.63, 3.8) is 0 Å². The second-order valence-electron chi connectivity index (χ2n) is 13.9. The fourth-order valence-corrected chi connectivity index (χ4v) is 13.9. The largest absolute Gasteiger partial charge is 0.312 e. The predicted molar refractivity (Wildman–Crippen MR) is 225 cm³/mol.